The molecule has 1 rings (SSSR count). The molecule has 1 heterocycles. The van der Waals surface area contributed by atoms with E-state index in [-0.39, 0.29) is 18.4 Å². The van der Waals surface area contributed by atoms with Gasteiger partial charge in [0, 0.05) is 13.7 Å². The zero-order chi connectivity index (χ0) is 13.7. The Balaban J connectivity index is 2.58. The fourth-order valence-electron chi connectivity index (χ4n) is 1.59. The number of nitrogens with zero attached hydrogens (tertiary/aromatic N) is 1. The molecule has 1 N–H and O–H groups in total. The molecule has 1 aromatic heterocycles. The molecule has 18 heavy (non-hydrogen) atoms. The summed E-state index contributed by atoms with van der Waals surface area (Å²) in [6.07, 6.45) is -0.595. The molecule has 0 radical (unpaired) electrons. The van der Waals surface area contributed by atoms with Crippen LogP contribution in [0, 0.1) is 0 Å². The molecule has 0 aromatic carbocycles. The predicted molar refractivity (Wildman–Crippen MR) is 73.6 cm³/mol. The summed E-state index contributed by atoms with van der Waals surface area (Å²) in [6, 6.07) is 3.14. The molecule has 4 nitrogen and oxygen atoms in total. The molecule has 0 saturated heterocycles. The van der Waals surface area contributed by atoms with Crippen molar-refractivity contribution in [3.8, 4) is 0 Å². The van der Waals surface area contributed by atoms with Crippen LogP contribution in [-0.2, 0) is 4.74 Å². The first-order chi connectivity index (χ1) is 8.45. The Morgan fingerprint density at radius 1 is 1.61 bits per heavy atom. The van der Waals surface area contributed by atoms with Crippen molar-refractivity contribution in [2.45, 2.75) is 19.1 Å². The van der Waals surface area contributed by atoms with Gasteiger partial charge in [-0.25, -0.2) is 0 Å². The minimum absolute atomic E-state index is 0.0130. The first kappa shape index (κ1) is 15.6. The Labute approximate surface area is 116 Å². The number of hydrogen-bond acceptors (Lipinski definition) is 5. The number of halogens is 1. The van der Waals surface area contributed by atoms with Crippen LogP contribution < -0.4 is 0 Å². The third-order valence-electron chi connectivity index (χ3n) is 2.71. The average Bonchev–Trinajstić information content (AvgIpc) is 2.74. The highest BCUT2D eigenvalue weighted by Crippen LogP contribution is 2.23. The summed E-state index contributed by atoms with van der Waals surface area (Å²) in [5.41, 5.74) is 0. The maximum atomic E-state index is 12.1. The van der Waals surface area contributed by atoms with Crippen molar-refractivity contribution in [2.24, 2.45) is 0 Å². The first-order valence-electron chi connectivity index (χ1n) is 5.62. The van der Waals surface area contributed by atoms with Crippen LogP contribution in [0.4, 0.5) is 0 Å². The zero-order valence-corrected chi connectivity index (χ0v) is 12.3. The molecule has 0 aliphatic rings. The molecule has 0 saturated carbocycles. The van der Waals surface area contributed by atoms with Gasteiger partial charge in [-0.05, 0) is 26.1 Å². The minimum atomic E-state index is -0.595. The second kappa shape index (κ2) is 7.21. The molecule has 6 heteroatoms. The molecule has 102 valence electrons. The highest BCUT2D eigenvalue weighted by Gasteiger charge is 2.22. The number of Topliss-reactive ketones (excluding diaryl/α,β-unsaturated/α-hetero) is 1. The molecule has 1 aromatic rings. The number of thiophene rings is 1. The van der Waals surface area contributed by atoms with Crippen LogP contribution >= 0.6 is 22.9 Å². The lowest BCUT2D eigenvalue weighted by molar-refractivity contribution is 0.0351. The summed E-state index contributed by atoms with van der Waals surface area (Å²) in [5, 5.41) is 9.63. The van der Waals surface area contributed by atoms with Gasteiger partial charge in [0.05, 0.1) is 28.0 Å². The van der Waals surface area contributed by atoms with Crippen LogP contribution in [0.3, 0.4) is 0 Å². The zero-order valence-electron chi connectivity index (χ0n) is 10.7. The van der Waals surface area contributed by atoms with E-state index in [9.17, 15) is 9.90 Å². The Kier molecular flexibility index (Phi) is 6.25. The summed E-state index contributed by atoms with van der Waals surface area (Å²) in [6.45, 7) is 2.46. The monoisotopic (exact) mass is 291 g/mol. The van der Waals surface area contributed by atoms with Gasteiger partial charge in [0.15, 0.2) is 5.78 Å². The third kappa shape index (κ3) is 4.33. The minimum Gasteiger partial charge on any atom is -0.389 e. The van der Waals surface area contributed by atoms with E-state index in [1.54, 1.807) is 24.1 Å². The number of methoxy groups -OCH3 is 1. The molecular weight excluding hydrogens is 274 g/mol. The highest BCUT2D eigenvalue weighted by atomic mass is 35.5. The van der Waals surface area contributed by atoms with Gasteiger partial charge in [0.25, 0.3) is 0 Å². The molecule has 2 unspecified atom stereocenters. The normalized spacial score (nSPS) is 14.8. The van der Waals surface area contributed by atoms with E-state index in [0.717, 1.165) is 0 Å². The van der Waals surface area contributed by atoms with Gasteiger partial charge >= 0.3 is 0 Å². The second-order valence-corrected chi connectivity index (χ2v) is 5.91. The van der Waals surface area contributed by atoms with Crippen molar-refractivity contribution in [1.29, 1.82) is 0 Å². The van der Waals surface area contributed by atoms with Crippen LogP contribution in [-0.4, -0.2) is 55.2 Å². The van der Waals surface area contributed by atoms with Gasteiger partial charge in [-0.15, -0.1) is 11.3 Å². The summed E-state index contributed by atoms with van der Waals surface area (Å²) in [7, 11) is 3.34. The van der Waals surface area contributed by atoms with E-state index in [1.807, 2.05) is 6.92 Å². The van der Waals surface area contributed by atoms with Crippen molar-refractivity contribution in [3.05, 3.63) is 21.3 Å². The van der Waals surface area contributed by atoms with Crippen LogP contribution in [0.2, 0.25) is 4.34 Å². The smallest absolute Gasteiger partial charge is 0.189 e. The number of ether oxygens (including phenoxy) is 1. The number of aliphatic hydroxyl groups excluding tert-OH is 1. The fraction of sp³-hybridized carbons (Fsp3) is 0.583. The quantitative estimate of drug-likeness (QED) is 0.780. The molecular formula is C12H18ClNO3S. The van der Waals surface area contributed by atoms with Crippen molar-refractivity contribution >= 4 is 28.7 Å². The van der Waals surface area contributed by atoms with Gasteiger partial charge in [-0.1, -0.05) is 11.6 Å². The highest BCUT2D eigenvalue weighted by molar-refractivity contribution is 7.18. The number of hydrogen-bond donors (Lipinski definition) is 1. The summed E-state index contributed by atoms with van der Waals surface area (Å²) in [4.78, 5) is 14.6. The molecule has 0 aliphatic carbocycles. The summed E-state index contributed by atoms with van der Waals surface area (Å²) < 4.78 is 5.46. The Morgan fingerprint density at radius 2 is 2.28 bits per heavy atom. The van der Waals surface area contributed by atoms with Gasteiger partial charge in [-0.2, -0.15) is 0 Å². The van der Waals surface area contributed by atoms with Crippen LogP contribution in [0.15, 0.2) is 12.1 Å². The van der Waals surface area contributed by atoms with Crippen LogP contribution in [0.5, 0.6) is 0 Å². The lowest BCUT2D eigenvalue weighted by Crippen LogP contribution is -2.41. The van der Waals surface area contributed by atoms with E-state index in [2.05, 4.69) is 0 Å². The number of ketones is 1. The van der Waals surface area contributed by atoms with Crippen molar-refractivity contribution in [3.63, 3.8) is 0 Å². The standard InChI is InChI=1S/C12H18ClNO3S/c1-8(14(2)6-9(15)7-17-3)12(16)10-4-5-11(13)18-10/h4-5,8-9,15H,6-7H2,1-3H3. The van der Waals surface area contributed by atoms with Gasteiger partial charge < -0.3 is 9.84 Å². The van der Waals surface area contributed by atoms with E-state index in [4.69, 9.17) is 16.3 Å². The Morgan fingerprint density at radius 3 is 2.78 bits per heavy atom. The number of likely N-dealkylation sites (N-methyl/N-ethyl adjacent to an activating group) is 1. The van der Waals surface area contributed by atoms with E-state index < -0.39 is 6.10 Å². The van der Waals surface area contributed by atoms with E-state index in [1.165, 1.54) is 18.4 Å². The number of rotatable bonds is 7. The van der Waals surface area contributed by atoms with Crippen molar-refractivity contribution in [1.82, 2.24) is 4.90 Å². The summed E-state index contributed by atoms with van der Waals surface area (Å²) in [5.74, 6) is 0.0130. The third-order valence-corrected chi connectivity index (χ3v) is 3.96. The van der Waals surface area contributed by atoms with Crippen molar-refractivity contribution < 1.29 is 14.6 Å². The molecule has 0 fully saturated rings. The lowest BCUT2D eigenvalue weighted by Gasteiger charge is -2.25. The SMILES string of the molecule is COCC(O)CN(C)C(C)C(=O)c1ccc(Cl)s1. The fourth-order valence-corrected chi connectivity index (χ4v) is 2.65. The Hall–Kier alpha value is -0.460. The molecule has 2 atom stereocenters. The van der Waals surface area contributed by atoms with E-state index >= 15 is 0 Å². The van der Waals surface area contributed by atoms with Gasteiger partial charge in [-0.3, -0.25) is 9.69 Å². The average molecular weight is 292 g/mol. The topological polar surface area (TPSA) is 49.8 Å². The van der Waals surface area contributed by atoms with Crippen LogP contribution in [0.1, 0.15) is 16.6 Å². The van der Waals surface area contributed by atoms with Crippen molar-refractivity contribution in [2.75, 3.05) is 27.3 Å². The second-order valence-electron chi connectivity index (χ2n) is 4.19. The Bertz CT molecular complexity index is 396. The maximum absolute atomic E-state index is 12.1. The maximum Gasteiger partial charge on any atom is 0.189 e. The largest absolute Gasteiger partial charge is 0.389 e. The molecule has 0 bridgehead atoms. The van der Waals surface area contributed by atoms with Crippen LogP contribution in [0.25, 0.3) is 0 Å². The van der Waals surface area contributed by atoms with Gasteiger partial charge in [0.2, 0.25) is 0 Å². The first-order valence-corrected chi connectivity index (χ1v) is 6.82. The molecule has 0 spiro atoms. The predicted octanol–water partition coefficient (Wildman–Crippen LogP) is 1.91. The van der Waals surface area contributed by atoms with Gasteiger partial charge in [0.1, 0.15) is 0 Å². The molecule has 0 amide bonds. The van der Waals surface area contributed by atoms with E-state index in [0.29, 0.717) is 15.8 Å². The summed E-state index contributed by atoms with van der Waals surface area (Å²) >= 11 is 7.08. The number of carbonyl (C=O) groups excluding carboxylic acids is 1. The molecule has 0 aliphatic heterocycles. The number of aliphatic hydroxyl groups is 1. The number of carbonyl (C=O) groups is 1. The lowest BCUT2D eigenvalue weighted by atomic mass is 10.1.